The highest BCUT2D eigenvalue weighted by Gasteiger charge is 2.35. The number of aryl methyl sites for hydroxylation is 2. The monoisotopic (exact) mass is 380 g/mol. The Labute approximate surface area is 164 Å². The molecule has 0 saturated carbocycles. The molecule has 0 spiro atoms. The molecule has 146 valence electrons. The van der Waals surface area contributed by atoms with Gasteiger partial charge in [0.1, 0.15) is 11.3 Å². The minimum atomic E-state index is -1.15. The maximum Gasteiger partial charge on any atom is 0.311 e. The van der Waals surface area contributed by atoms with Gasteiger partial charge in [0.15, 0.2) is 0 Å². The molecule has 0 amide bonds. The lowest BCUT2D eigenvalue weighted by Gasteiger charge is -2.37. The Morgan fingerprint density at radius 3 is 2.50 bits per heavy atom. The molecule has 1 N–H and O–H groups in total. The van der Waals surface area contributed by atoms with Crippen LogP contribution in [0.5, 0.6) is 0 Å². The molecule has 3 heterocycles. The van der Waals surface area contributed by atoms with Crippen LogP contribution < -0.4 is 4.90 Å². The molecule has 7 heteroatoms. The Morgan fingerprint density at radius 1 is 1.18 bits per heavy atom. The van der Waals surface area contributed by atoms with Crippen LogP contribution in [0.25, 0.3) is 0 Å². The van der Waals surface area contributed by atoms with Crippen molar-refractivity contribution in [3.05, 3.63) is 57.5 Å². The predicted octanol–water partition coefficient (Wildman–Crippen LogP) is 3.02. The van der Waals surface area contributed by atoms with Gasteiger partial charge in [-0.05, 0) is 57.7 Å². The summed E-state index contributed by atoms with van der Waals surface area (Å²) in [6.07, 6.45) is 1.35. The van der Waals surface area contributed by atoms with Crippen LogP contribution in [0.2, 0.25) is 0 Å². The standard InChI is InChI=1S/C21H24N4O3/c1-15-5-4-6-18(22-15)9-12-21(3,26)17-10-13-24(14-11-17)20-19(25(27)28)8-7-16(2)23-20/h4-8,17,26H,10-11,13-14H2,1-3H3. The van der Waals surface area contributed by atoms with Gasteiger partial charge in [-0.25, -0.2) is 9.97 Å². The highest BCUT2D eigenvalue weighted by Crippen LogP contribution is 2.33. The molecule has 1 aliphatic rings. The zero-order valence-electron chi connectivity index (χ0n) is 16.3. The number of aliphatic hydroxyl groups is 1. The van der Waals surface area contributed by atoms with Crippen molar-refractivity contribution < 1.29 is 10.0 Å². The normalized spacial score (nSPS) is 16.8. The first-order valence-corrected chi connectivity index (χ1v) is 9.32. The Hall–Kier alpha value is -2.98. The molecule has 0 bridgehead atoms. The van der Waals surface area contributed by atoms with E-state index in [4.69, 9.17) is 0 Å². The van der Waals surface area contributed by atoms with E-state index in [1.165, 1.54) is 6.07 Å². The predicted molar refractivity (Wildman–Crippen MR) is 107 cm³/mol. The summed E-state index contributed by atoms with van der Waals surface area (Å²) in [5.41, 5.74) is 1.13. The summed E-state index contributed by atoms with van der Waals surface area (Å²) in [6.45, 7) is 6.62. The Morgan fingerprint density at radius 2 is 1.86 bits per heavy atom. The van der Waals surface area contributed by atoms with E-state index < -0.39 is 10.5 Å². The third-order valence-corrected chi connectivity index (χ3v) is 5.11. The summed E-state index contributed by atoms with van der Waals surface area (Å²) in [6, 6.07) is 8.76. The smallest absolute Gasteiger partial charge is 0.311 e. The van der Waals surface area contributed by atoms with Gasteiger partial charge < -0.3 is 10.0 Å². The first kappa shape index (κ1) is 19.8. The summed E-state index contributed by atoms with van der Waals surface area (Å²) < 4.78 is 0. The highest BCUT2D eigenvalue weighted by atomic mass is 16.6. The topological polar surface area (TPSA) is 92.4 Å². The van der Waals surface area contributed by atoms with Gasteiger partial charge in [-0.1, -0.05) is 12.0 Å². The molecule has 2 aromatic heterocycles. The molecule has 1 saturated heterocycles. The fourth-order valence-electron chi connectivity index (χ4n) is 3.47. The van der Waals surface area contributed by atoms with Crippen LogP contribution in [0.3, 0.4) is 0 Å². The first-order chi connectivity index (χ1) is 13.3. The fourth-order valence-corrected chi connectivity index (χ4v) is 3.47. The number of rotatable bonds is 3. The SMILES string of the molecule is Cc1cccc(C#CC(C)(O)C2CCN(c3nc(C)ccc3[N+](=O)[O-])CC2)n1. The van der Waals surface area contributed by atoms with Crippen molar-refractivity contribution in [2.24, 2.45) is 5.92 Å². The number of aromatic nitrogens is 2. The fraction of sp³-hybridized carbons (Fsp3) is 0.429. The molecule has 7 nitrogen and oxygen atoms in total. The van der Waals surface area contributed by atoms with Crippen LogP contribution >= 0.6 is 0 Å². The second-order valence-corrected chi connectivity index (χ2v) is 7.38. The van der Waals surface area contributed by atoms with Crippen molar-refractivity contribution in [2.75, 3.05) is 18.0 Å². The van der Waals surface area contributed by atoms with Gasteiger partial charge in [0, 0.05) is 36.5 Å². The van der Waals surface area contributed by atoms with E-state index in [0.717, 1.165) is 11.4 Å². The van der Waals surface area contributed by atoms with Crippen molar-refractivity contribution in [1.29, 1.82) is 0 Å². The third kappa shape index (κ3) is 4.46. The number of anilines is 1. The van der Waals surface area contributed by atoms with Gasteiger partial charge in [0.2, 0.25) is 5.82 Å². The van der Waals surface area contributed by atoms with Gasteiger partial charge >= 0.3 is 5.69 Å². The molecule has 0 radical (unpaired) electrons. The van der Waals surface area contributed by atoms with Crippen LogP contribution in [-0.4, -0.2) is 38.7 Å². The summed E-state index contributed by atoms with van der Waals surface area (Å²) in [5.74, 6) is 6.32. The highest BCUT2D eigenvalue weighted by molar-refractivity contribution is 5.58. The van der Waals surface area contributed by atoms with Crippen molar-refractivity contribution in [3.8, 4) is 11.8 Å². The maximum atomic E-state index is 11.3. The maximum absolute atomic E-state index is 11.3. The number of hydrogen-bond acceptors (Lipinski definition) is 6. The lowest BCUT2D eigenvalue weighted by Crippen LogP contribution is -2.43. The largest absolute Gasteiger partial charge is 0.378 e. The van der Waals surface area contributed by atoms with Crippen molar-refractivity contribution in [2.45, 2.75) is 39.2 Å². The molecule has 1 unspecified atom stereocenters. The summed E-state index contributed by atoms with van der Waals surface area (Å²) in [5, 5.41) is 22.2. The van der Waals surface area contributed by atoms with E-state index in [-0.39, 0.29) is 11.6 Å². The van der Waals surface area contributed by atoms with Gasteiger partial charge in [0.05, 0.1) is 4.92 Å². The lowest BCUT2D eigenvalue weighted by atomic mass is 9.82. The van der Waals surface area contributed by atoms with Gasteiger partial charge in [0.25, 0.3) is 0 Å². The van der Waals surface area contributed by atoms with Gasteiger partial charge in [-0.3, -0.25) is 10.1 Å². The van der Waals surface area contributed by atoms with Gasteiger partial charge in [-0.15, -0.1) is 0 Å². The number of hydrogen-bond donors (Lipinski definition) is 1. The van der Waals surface area contributed by atoms with E-state index in [0.29, 0.717) is 37.4 Å². The molecule has 1 fully saturated rings. The minimum absolute atomic E-state index is 0.0149. The van der Waals surface area contributed by atoms with E-state index in [9.17, 15) is 15.2 Å². The van der Waals surface area contributed by atoms with Crippen LogP contribution in [0.15, 0.2) is 30.3 Å². The van der Waals surface area contributed by atoms with E-state index in [1.54, 1.807) is 13.0 Å². The van der Waals surface area contributed by atoms with E-state index in [1.807, 2.05) is 36.9 Å². The number of pyridine rings is 2. The molecular weight excluding hydrogens is 356 g/mol. The number of piperidine rings is 1. The average molecular weight is 380 g/mol. The van der Waals surface area contributed by atoms with E-state index in [2.05, 4.69) is 21.8 Å². The second-order valence-electron chi connectivity index (χ2n) is 7.38. The summed E-state index contributed by atoms with van der Waals surface area (Å²) >= 11 is 0. The Bertz CT molecular complexity index is 938. The summed E-state index contributed by atoms with van der Waals surface area (Å²) in [7, 11) is 0. The van der Waals surface area contributed by atoms with Crippen molar-refractivity contribution in [3.63, 3.8) is 0 Å². The van der Waals surface area contributed by atoms with Crippen LogP contribution in [-0.2, 0) is 0 Å². The first-order valence-electron chi connectivity index (χ1n) is 9.32. The number of nitrogens with zero attached hydrogens (tertiary/aromatic N) is 4. The van der Waals surface area contributed by atoms with Crippen LogP contribution in [0.4, 0.5) is 11.5 Å². The molecule has 1 aliphatic heterocycles. The minimum Gasteiger partial charge on any atom is -0.378 e. The van der Waals surface area contributed by atoms with E-state index >= 15 is 0 Å². The quantitative estimate of drug-likeness (QED) is 0.500. The molecule has 0 aliphatic carbocycles. The van der Waals surface area contributed by atoms with Crippen molar-refractivity contribution >= 4 is 11.5 Å². The average Bonchev–Trinajstić information content (AvgIpc) is 2.66. The molecule has 28 heavy (non-hydrogen) atoms. The molecule has 0 aromatic carbocycles. The van der Waals surface area contributed by atoms with Gasteiger partial charge in [-0.2, -0.15) is 0 Å². The van der Waals surface area contributed by atoms with Crippen molar-refractivity contribution in [1.82, 2.24) is 9.97 Å². The molecule has 1 atom stereocenters. The Balaban J connectivity index is 1.72. The second kappa shape index (κ2) is 7.95. The Kier molecular flexibility index (Phi) is 5.61. The molecule has 2 aromatic rings. The molecular formula is C21H24N4O3. The zero-order chi connectivity index (χ0) is 20.3. The summed E-state index contributed by atoms with van der Waals surface area (Å²) in [4.78, 5) is 21.6. The van der Waals surface area contributed by atoms with Crippen LogP contribution in [0, 0.1) is 41.7 Å². The lowest BCUT2D eigenvalue weighted by molar-refractivity contribution is -0.384. The number of nitro groups is 1. The molecule has 3 rings (SSSR count). The zero-order valence-corrected chi connectivity index (χ0v) is 16.3. The third-order valence-electron chi connectivity index (χ3n) is 5.11. The van der Waals surface area contributed by atoms with Crippen LogP contribution in [0.1, 0.15) is 36.8 Å².